The number of hydrogen-bond acceptors (Lipinski definition) is 3. The molecule has 120 valence electrons. The van der Waals surface area contributed by atoms with Crippen LogP contribution in [0.25, 0.3) is 10.9 Å². The maximum Gasteiger partial charge on any atom is 0.256 e. The standard InChI is InChI=1S/C20H19N3O/c24-20(17-8-2-1-7-16(17)15-10-12-21-13-15)23-18-9-3-5-14-6-4-11-22-19(14)18/h1-9,11,15,21H,10,12-13H2,(H,23,24). The molecule has 2 heterocycles. The fraction of sp³-hybridized carbons (Fsp3) is 0.200. The van der Waals surface area contributed by atoms with E-state index >= 15 is 0 Å². The van der Waals surface area contributed by atoms with Crippen LogP contribution in [0.3, 0.4) is 0 Å². The third kappa shape index (κ3) is 2.76. The number of carbonyl (C=O) groups excluding carboxylic acids is 1. The second-order valence-electron chi connectivity index (χ2n) is 6.11. The molecule has 0 spiro atoms. The lowest BCUT2D eigenvalue weighted by Crippen LogP contribution is -2.17. The van der Waals surface area contributed by atoms with Crippen molar-refractivity contribution < 1.29 is 4.79 Å². The Morgan fingerprint density at radius 3 is 2.83 bits per heavy atom. The van der Waals surface area contributed by atoms with Gasteiger partial charge in [-0.25, -0.2) is 0 Å². The summed E-state index contributed by atoms with van der Waals surface area (Å²) in [5.41, 5.74) is 3.43. The third-order valence-corrected chi connectivity index (χ3v) is 4.59. The Hall–Kier alpha value is -2.72. The largest absolute Gasteiger partial charge is 0.320 e. The molecular weight excluding hydrogens is 298 g/mol. The number of pyridine rings is 1. The summed E-state index contributed by atoms with van der Waals surface area (Å²) in [5, 5.41) is 7.43. The van der Waals surface area contributed by atoms with Gasteiger partial charge in [0.1, 0.15) is 0 Å². The number of nitrogens with one attached hydrogen (secondary N) is 2. The molecule has 1 unspecified atom stereocenters. The van der Waals surface area contributed by atoms with E-state index in [-0.39, 0.29) is 5.91 Å². The predicted octanol–water partition coefficient (Wildman–Crippen LogP) is 3.56. The van der Waals surface area contributed by atoms with E-state index in [4.69, 9.17) is 0 Å². The second-order valence-corrected chi connectivity index (χ2v) is 6.11. The zero-order valence-electron chi connectivity index (χ0n) is 13.3. The Kier molecular flexibility index (Phi) is 3.97. The number of hydrogen-bond donors (Lipinski definition) is 2. The monoisotopic (exact) mass is 317 g/mol. The average molecular weight is 317 g/mol. The molecule has 1 amide bonds. The van der Waals surface area contributed by atoms with Crippen molar-refractivity contribution in [3.63, 3.8) is 0 Å². The van der Waals surface area contributed by atoms with E-state index in [1.54, 1.807) is 6.20 Å². The molecule has 1 aliphatic rings. The Morgan fingerprint density at radius 1 is 1.08 bits per heavy atom. The number of fused-ring (bicyclic) bond motifs is 1. The molecule has 1 aromatic heterocycles. The molecule has 24 heavy (non-hydrogen) atoms. The number of benzene rings is 2. The van der Waals surface area contributed by atoms with Gasteiger partial charge in [-0.1, -0.05) is 36.4 Å². The summed E-state index contributed by atoms with van der Waals surface area (Å²) in [5.74, 6) is 0.327. The van der Waals surface area contributed by atoms with Gasteiger partial charge in [0.2, 0.25) is 0 Å². The number of carbonyl (C=O) groups is 1. The summed E-state index contributed by atoms with van der Waals surface area (Å²) in [6, 6.07) is 17.6. The van der Waals surface area contributed by atoms with Gasteiger partial charge >= 0.3 is 0 Å². The minimum atomic E-state index is -0.0735. The molecule has 3 aromatic rings. The SMILES string of the molecule is O=C(Nc1cccc2cccnc12)c1ccccc1C1CCNC1. The Morgan fingerprint density at radius 2 is 1.96 bits per heavy atom. The molecule has 4 nitrogen and oxygen atoms in total. The van der Waals surface area contributed by atoms with Crippen LogP contribution in [0.5, 0.6) is 0 Å². The first-order chi connectivity index (χ1) is 11.8. The Labute approximate surface area is 140 Å². The van der Waals surface area contributed by atoms with Crippen LogP contribution >= 0.6 is 0 Å². The number of anilines is 1. The number of amides is 1. The highest BCUT2D eigenvalue weighted by molar-refractivity contribution is 6.09. The minimum Gasteiger partial charge on any atom is -0.320 e. The van der Waals surface area contributed by atoms with Crippen molar-refractivity contribution in [3.8, 4) is 0 Å². The van der Waals surface area contributed by atoms with Crippen LogP contribution < -0.4 is 10.6 Å². The van der Waals surface area contributed by atoms with E-state index in [1.165, 1.54) is 0 Å². The van der Waals surface area contributed by atoms with Gasteiger partial charge in [0.25, 0.3) is 5.91 Å². The second kappa shape index (κ2) is 6.42. The summed E-state index contributed by atoms with van der Waals surface area (Å²) in [6.45, 7) is 1.94. The van der Waals surface area contributed by atoms with E-state index in [9.17, 15) is 4.79 Å². The number of aromatic nitrogens is 1. The quantitative estimate of drug-likeness (QED) is 0.776. The lowest BCUT2D eigenvalue weighted by molar-refractivity contribution is 0.102. The maximum absolute atomic E-state index is 12.9. The van der Waals surface area contributed by atoms with Gasteiger partial charge in [0.05, 0.1) is 11.2 Å². The van der Waals surface area contributed by atoms with Crippen LogP contribution in [0.1, 0.15) is 28.3 Å². The van der Waals surface area contributed by atoms with Crippen molar-refractivity contribution in [2.75, 3.05) is 18.4 Å². The molecule has 2 aromatic carbocycles. The summed E-state index contributed by atoms with van der Waals surface area (Å²) < 4.78 is 0. The molecule has 4 heteroatoms. The van der Waals surface area contributed by atoms with Crippen molar-refractivity contribution in [2.24, 2.45) is 0 Å². The molecule has 2 N–H and O–H groups in total. The number of para-hydroxylation sites is 1. The lowest BCUT2D eigenvalue weighted by atomic mass is 9.93. The van der Waals surface area contributed by atoms with Crippen LogP contribution in [0, 0.1) is 0 Å². The highest BCUT2D eigenvalue weighted by atomic mass is 16.1. The van der Waals surface area contributed by atoms with E-state index < -0.39 is 0 Å². The Balaban J connectivity index is 1.67. The minimum absolute atomic E-state index is 0.0735. The molecule has 1 aliphatic heterocycles. The fourth-order valence-electron chi connectivity index (χ4n) is 3.37. The first-order valence-corrected chi connectivity index (χ1v) is 8.27. The van der Waals surface area contributed by atoms with E-state index in [2.05, 4.69) is 21.7 Å². The van der Waals surface area contributed by atoms with E-state index in [0.29, 0.717) is 5.92 Å². The normalized spacial score (nSPS) is 17.1. The smallest absolute Gasteiger partial charge is 0.256 e. The van der Waals surface area contributed by atoms with Crippen LogP contribution in [0.2, 0.25) is 0 Å². The van der Waals surface area contributed by atoms with E-state index in [0.717, 1.165) is 47.2 Å². The summed E-state index contributed by atoms with van der Waals surface area (Å²) in [4.78, 5) is 17.3. The summed E-state index contributed by atoms with van der Waals surface area (Å²) >= 11 is 0. The molecule has 0 aliphatic carbocycles. The molecule has 1 fully saturated rings. The number of rotatable bonds is 3. The molecule has 1 atom stereocenters. The molecule has 4 rings (SSSR count). The zero-order chi connectivity index (χ0) is 16.4. The first kappa shape index (κ1) is 14.8. The average Bonchev–Trinajstić information content (AvgIpc) is 3.16. The zero-order valence-corrected chi connectivity index (χ0v) is 13.3. The summed E-state index contributed by atoms with van der Waals surface area (Å²) in [6.07, 6.45) is 2.82. The van der Waals surface area contributed by atoms with Gasteiger partial charge in [0, 0.05) is 23.7 Å². The predicted molar refractivity (Wildman–Crippen MR) is 96.4 cm³/mol. The van der Waals surface area contributed by atoms with Crippen molar-refractivity contribution in [1.29, 1.82) is 0 Å². The van der Waals surface area contributed by atoms with Gasteiger partial charge in [0.15, 0.2) is 0 Å². The first-order valence-electron chi connectivity index (χ1n) is 8.27. The molecule has 0 saturated carbocycles. The maximum atomic E-state index is 12.9. The van der Waals surface area contributed by atoms with Crippen molar-refractivity contribution in [2.45, 2.75) is 12.3 Å². The van der Waals surface area contributed by atoms with Crippen LogP contribution in [-0.2, 0) is 0 Å². The molecular formula is C20H19N3O. The number of nitrogens with zero attached hydrogens (tertiary/aromatic N) is 1. The van der Waals surface area contributed by atoms with Crippen molar-refractivity contribution in [1.82, 2.24) is 10.3 Å². The fourth-order valence-corrected chi connectivity index (χ4v) is 3.37. The van der Waals surface area contributed by atoms with Crippen LogP contribution in [0.4, 0.5) is 5.69 Å². The molecule has 1 saturated heterocycles. The van der Waals surface area contributed by atoms with Gasteiger partial charge in [-0.15, -0.1) is 0 Å². The van der Waals surface area contributed by atoms with Gasteiger partial charge < -0.3 is 10.6 Å². The van der Waals surface area contributed by atoms with E-state index in [1.807, 2.05) is 48.5 Å². The molecule has 0 radical (unpaired) electrons. The third-order valence-electron chi connectivity index (χ3n) is 4.59. The van der Waals surface area contributed by atoms with Gasteiger partial charge in [-0.2, -0.15) is 0 Å². The van der Waals surface area contributed by atoms with Crippen molar-refractivity contribution >= 4 is 22.5 Å². The summed E-state index contributed by atoms with van der Waals surface area (Å²) in [7, 11) is 0. The topological polar surface area (TPSA) is 54.0 Å². The van der Waals surface area contributed by atoms with Gasteiger partial charge in [-0.3, -0.25) is 9.78 Å². The van der Waals surface area contributed by atoms with Crippen LogP contribution in [0.15, 0.2) is 60.8 Å². The molecule has 0 bridgehead atoms. The van der Waals surface area contributed by atoms with Crippen LogP contribution in [-0.4, -0.2) is 24.0 Å². The Bertz CT molecular complexity index is 879. The van der Waals surface area contributed by atoms with Crippen molar-refractivity contribution in [3.05, 3.63) is 71.9 Å². The lowest BCUT2D eigenvalue weighted by Gasteiger charge is -2.15. The highest BCUT2D eigenvalue weighted by Gasteiger charge is 2.22. The highest BCUT2D eigenvalue weighted by Crippen LogP contribution is 2.27. The van der Waals surface area contributed by atoms with Gasteiger partial charge in [-0.05, 0) is 42.6 Å².